The first-order valence-corrected chi connectivity index (χ1v) is 11.0. The van der Waals surface area contributed by atoms with E-state index in [4.69, 9.17) is 16.3 Å². The van der Waals surface area contributed by atoms with Gasteiger partial charge in [-0.25, -0.2) is 9.59 Å². The molecule has 0 radical (unpaired) electrons. The molecule has 0 fully saturated rings. The number of ether oxygens (including phenoxy) is 1. The summed E-state index contributed by atoms with van der Waals surface area (Å²) in [6.07, 6.45) is 5.66. The molecule has 7 nitrogen and oxygen atoms in total. The summed E-state index contributed by atoms with van der Waals surface area (Å²) >= 11 is 0. The number of benzene rings is 2. The quantitative estimate of drug-likeness (QED) is 0.481. The molecule has 0 aliphatic heterocycles. The molecule has 0 spiro atoms. The minimum atomic E-state index is -1.20. The van der Waals surface area contributed by atoms with E-state index in [2.05, 4.69) is 28.7 Å². The highest BCUT2D eigenvalue weighted by atomic mass is 16.5. The Balaban J connectivity index is 1.59. The summed E-state index contributed by atoms with van der Waals surface area (Å²) in [5, 5.41) is 14.3. The van der Waals surface area contributed by atoms with Crippen molar-refractivity contribution in [2.75, 3.05) is 6.61 Å². The number of aliphatic carboxylic acids is 1. The van der Waals surface area contributed by atoms with Crippen molar-refractivity contribution in [1.29, 1.82) is 0 Å². The molecule has 2 aromatic rings. The van der Waals surface area contributed by atoms with Gasteiger partial charge < -0.3 is 20.5 Å². The minimum Gasteiger partial charge on any atom is -0.480 e. The Kier molecular flexibility index (Phi) is 8.09. The van der Waals surface area contributed by atoms with E-state index in [-0.39, 0.29) is 25.4 Å². The molecule has 172 valence electrons. The van der Waals surface area contributed by atoms with E-state index in [1.807, 2.05) is 43.3 Å². The Bertz CT molecular complexity index is 1010. The SMILES string of the molecule is C#CCC(NC(=O)C[C@H](CCC)NC(=O)OCC1c2ccccc2-c2ccccc21)C(=O)O. The van der Waals surface area contributed by atoms with Crippen LogP contribution in [0, 0.1) is 12.3 Å². The van der Waals surface area contributed by atoms with Crippen molar-refractivity contribution in [3.63, 3.8) is 0 Å². The second-order valence-corrected chi connectivity index (χ2v) is 8.03. The van der Waals surface area contributed by atoms with E-state index in [0.29, 0.717) is 6.42 Å². The molecule has 0 aromatic heterocycles. The lowest BCUT2D eigenvalue weighted by Crippen LogP contribution is -2.44. The number of hydrogen-bond acceptors (Lipinski definition) is 4. The Morgan fingerprint density at radius 3 is 2.21 bits per heavy atom. The van der Waals surface area contributed by atoms with E-state index in [9.17, 15) is 14.4 Å². The maximum absolute atomic E-state index is 12.5. The van der Waals surface area contributed by atoms with Crippen LogP contribution in [-0.2, 0) is 14.3 Å². The number of amides is 2. The van der Waals surface area contributed by atoms with Gasteiger partial charge in [-0.1, -0.05) is 61.9 Å². The molecule has 33 heavy (non-hydrogen) atoms. The van der Waals surface area contributed by atoms with Crippen molar-refractivity contribution >= 4 is 18.0 Å². The third-order valence-electron chi connectivity index (χ3n) is 5.69. The molecule has 7 heteroatoms. The minimum absolute atomic E-state index is 0.0591. The van der Waals surface area contributed by atoms with Gasteiger partial charge in [0.05, 0.1) is 0 Å². The zero-order valence-electron chi connectivity index (χ0n) is 18.5. The molecule has 0 heterocycles. The van der Waals surface area contributed by atoms with Crippen molar-refractivity contribution in [2.24, 2.45) is 0 Å². The predicted molar refractivity (Wildman–Crippen MR) is 125 cm³/mol. The van der Waals surface area contributed by atoms with Crippen LogP contribution in [0.5, 0.6) is 0 Å². The Labute approximate surface area is 193 Å². The van der Waals surface area contributed by atoms with Crippen molar-refractivity contribution in [1.82, 2.24) is 10.6 Å². The number of carbonyl (C=O) groups is 3. The number of rotatable bonds is 10. The molecule has 1 aliphatic rings. The fraction of sp³-hybridized carbons (Fsp3) is 0.346. The van der Waals surface area contributed by atoms with Crippen LogP contribution in [-0.4, -0.2) is 41.8 Å². The van der Waals surface area contributed by atoms with Crippen LogP contribution in [0.1, 0.15) is 49.7 Å². The van der Waals surface area contributed by atoms with Gasteiger partial charge in [-0.15, -0.1) is 12.3 Å². The lowest BCUT2D eigenvalue weighted by Gasteiger charge is -2.20. The number of nitrogens with one attached hydrogen (secondary N) is 2. The summed E-state index contributed by atoms with van der Waals surface area (Å²) in [6, 6.07) is 14.5. The molecule has 0 saturated carbocycles. The molecule has 1 unspecified atom stereocenters. The Morgan fingerprint density at radius 1 is 1.06 bits per heavy atom. The number of carboxylic acids is 1. The Hall–Kier alpha value is -3.79. The first-order valence-electron chi connectivity index (χ1n) is 11.0. The van der Waals surface area contributed by atoms with Gasteiger partial charge >= 0.3 is 12.1 Å². The smallest absolute Gasteiger partial charge is 0.407 e. The van der Waals surface area contributed by atoms with Crippen molar-refractivity contribution in [3.8, 4) is 23.5 Å². The summed E-state index contributed by atoms with van der Waals surface area (Å²) < 4.78 is 5.55. The van der Waals surface area contributed by atoms with E-state index in [0.717, 1.165) is 28.7 Å². The van der Waals surface area contributed by atoms with Crippen LogP contribution in [0.25, 0.3) is 11.1 Å². The number of carbonyl (C=O) groups excluding carboxylic acids is 2. The summed E-state index contributed by atoms with van der Waals surface area (Å²) in [6.45, 7) is 2.11. The maximum Gasteiger partial charge on any atom is 0.407 e. The molecule has 0 saturated heterocycles. The lowest BCUT2D eigenvalue weighted by atomic mass is 9.98. The number of alkyl carbamates (subject to hydrolysis) is 1. The first-order chi connectivity index (χ1) is 15.9. The number of carboxylic acid groups (broad SMARTS) is 1. The van der Waals surface area contributed by atoms with Gasteiger partial charge in [0, 0.05) is 24.8 Å². The van der Waals surface area contributed by atoms with Crippen molar-refractivity contribution in [3.05, 3.63) is 59.7 Å². The number of hydrogen-bond donors (Lipinski definition) is 3. The highest BCUT2D eigenvalue weighted by Gasteiger charge is 2.29. The standard InChI is InChI=1S/C26H28N2O5/c1-3-9-17(15-24(29)28-23(10-4-2)25(30)31)27-26(32)33-16-22-20-13-7-5-11-18(20)19-12-6-8-14-21(19)22/h2,5-8,11-14,17,22-23H,3,9-10,15-16H2,1H3,(H,27,32)(H,28,29)(H,30,31)/t17-,23?/m0/s1. The topological polar surface area (TPSA) is 105 Å². The van der Waals surface area contributed by atoms with Crippen LogP contribution in [0.2, 0.25) is 0 Å². The summed E-state index contributed by atoms with van der Waals surface area (Å²) in [7, 11) is 0. The molecule has 0 bridgehead atoms. The molecular formula is C26H28N2O5. The monoisotopic (exact) mass is 448 g/mol. The van der Waals surface area contributed by atoms with Crippen LogP contribution in [0.4, 0.5) is 4.79 Å². The second kappa shape index (κ2) is 11.2. The summed E-state index contributed by atoms with van der Waals surface area (Å²) in [5.74, 6) is 0.491. The largest absolute Gasteiger partial charge is 0.480 e. The van der Waals surface area contributed by atoms with Gasteiger partial charge in [0.25, 0.3) is 0 Å². The molecule has 2 aromatic carbocycles. The maximum atomic E-state index is 12.5. The van der Waals surface area contributed by atoms with Gasteiger partial charge in [0.15, 0.2) is 0 Å². The van der Waals surface area contributed by atoms with Gasteiger partial charge in [0.2, 0.25) is 5.91 Å². The van der Waals surface area contributed by atoms with Crippen LogP contribution < -0.4 is 10.6 Å². The fourth-order valence-corrected chi connectivity index (χ4v) is 4.18. The first kappa shape index (κ1) is 23.9. The van der Waals surface area contributed by atoms with Crippen LogP contribution >= 0.6 is 0 Å². The molecule has 1 aliphatic carbocycles. The highest BCUT2D eigenvalue weighted by Crippen LogP contribution is 2.44. The van der Waals surface area contributed by atoms with E-state index in [1.54, 1.807) is 0 Å². The van der Waals surface area contributed by atoms with E-state index >= 15 is 0 Å². The highest BCUT2D eigenvalue weighted by molar-refractivity contribution is 5.84. The molecule has 3 rings (SSSR count). The van der Waals surface area contributed by atoms with E-state index in [1.165, 1.54) is 0 Å². The molecule has 2 amide bonds. The zero-order chi connectivity index (χ0) is 23.8. The van der Waals surface area contributed by atoms with Gasteiger partial charge in [-0.05, 0) is 28.7 Å². The predicted octanol–water partition coefficient (Wildman–Crippen LogP) is 3.68. The number of fused-ring (bicyclic) bond motifs is 3. The zero-order valence-corrected chi connectivity index (χ0v) is 18.5. The molecule has 2 atom stereocenters. The fourth-order valence-electron chi connectivity index (χ4n) is 4.18. The van der Waals surface area contributed by atoms with Crippen LogP contribution in [0.3, 0.4) is 0 Å². The van der Waals surface area contributed by atoms with Crippen molar-refractivity contribution in [2.45, 2.75) is 50.6 Å². The van der Waals surface area contributed by atoms with Gasteiger partial charge in [-0.3, -0.25) is 4.79 Å². The third kappa shape index (κ3) is 5.92. The number of terminal acetylenes is 1. The Morgan fingerprint density at radius 2 is 1.67 bits per heavy atom. The van der Waals surface area contributed by atoms with Gasteiger partial charge in [-0.2, -0.15) is 0 Å². The third-order valence-corrected chi connectivity index (χ3v) is 5.69. The summed E-state index contributed by atoms with van der Waals surface area (Å²) in [4.78, 5) is 36.0. The summed E-state index contributed by atoms with van der Waals surface area (Å²) in [5.41, 5.74) is 4.51. The average molecular weight is 449 g/mol. The van der Waals surface area contributed by atoms with E-state index < -0.39 is 30.1 Å². The average Bonchev–Trinajstić information content (AvgIpc) is 3.11. The normalized spacial score (nSPS) is 13.7. The lowest BCUT2D eigenvalue weighted by molar-refractivity contribution is -0.141. The van der Waals surface area contributed by atoms with Crippen molar-refractivity contribution < 1.29 is 24.2 Å². The van der Waals surface area contributed by atoms with Crippen LogP contribution in [0.15, 0.2) is 48.5 Å². The van der Waals surface area contributed by atoms with Gasteiger partial charge in [0.1, 0.15) is 12.6 Å². The second-order valence-electron chi connectivity index (χ2n) is 8.03. The molecule has 3 N–H and O–H groups in total. The molecular weight excluding hydrogens is 420 g/mol.